The molecule has 0 spiro atoms. The van der Waals surface area contributed by atoms with Crippen LogP contribution in [0.2, 0.25) is 0 Å². The molecule has 166 valence electrons. The van der Waals surface area contributed by atoms with Gasteiger partial charge in [0.1, 0.15) is 0 Å². The van der Waals surface area contributed by atoms with E-state index in [2.05, 4.69) is 19.2 Å². The van der Waals surface area contributed by atoms with Crippen LogP contribution in [0.4, 0.5) is 5.69 Å². The third kappa shape index (κ3) is 7.68. The number of anilines is 1. The van der Waals surface area contributed by atoms with Gasteiger partial charge in [-0.25, -0.2) is 0 Å². The predicted molar refractivity (Wildman–Crippen MR) is 127 cm³/mol. The molecule has 0 aliphatic rings. The smallest absolute Gasteiger partial charge is 0.246 e. The maximum Gasteiger partial charge on any atom is 0.246 e. The molecule has 6 nitrogen and oxygen atoms in total. The van der Waals surface area contributed by atoms with E-state index in [0.29, 0.717) is 24.0 Å². The van der Waals surface area contributed by atoms with Crippen molar-refractivity contribution >= 4 is 35.3 Å². The third-order valence-electron chi connectivity index (χ3n) is 4.32. The minimum absolute atomic E-state index is 0.0445. The molecule has 1 N–H and O–H groups in total. The first-order valence-corrected chi connectivity index (χ1v) is 11.2. The highest BCUT2D eigenvalue weighted by Crippen LogP contribution is 2.29. The highest BCUT2D eigenvalue weighted by atomic mass is 32.2. The summed E-state index contributed by atoms with van der Waals surface area (Å²) >= 11 is 1.55. The molecule has 0 unspecified atom stereocenters. The van der Waals surface area contributed by atoms with E-state index in [0.717, 1.165) is 16.1 Å². The number of thioether (sulfide) groups is 1. The van der Waals surface area contributed by atoms with E-state index >= 15 is 0 Å². The topological polar surface area (TPSA) is 67.9 Å². The second-order valence-electron chi connectivity index (χ2n) is 7.39. The van der Waals surface area contributed by atoms with Crippen molar-refractivity contribution in [2.75, 3.05) is 38.9 Å². The number of amides is 2. The summed E-state index contributed by atoms with van der Waals surface area (Å²) in [6.07, 6.45) is 5.07. The Hall–Kier alpha value is -2.93. The van der Waals surface area contributed by atoms with Crippen LogP contribution < -0.4 is 14.8 Å². The maximum absolute atomic E-state index is 12.4. The van der Waals surface area contributed by atoms with Crippen LogP contribution in [0.5, 0.6) is 11.5 Å². The number of nitrogens with zero attached hydrogens (tertiary/aromatic N) is 1. The van der Waals surface area contributed by atoms with Gasteiger partial charge < -0.3 is 19.7 Å². The van der Waals surface area contributed by atoms with Crippen LogP contribution in [0.25, 0.3) is 6.08 Å². The summed E-state index contributed by atoms with van der Waals surface area (Å²) < 4.78 is 11.1. The maximum atomic E-state index is 12.4. The molecule has 0 saturated heterocycles. The van der Waals surface area contributed by atoms with Crippen LogP contribution in [0, 0.1) is 5.92 Å². The van der Waals surface area contributed by atoms with Gasteiger partial charge in [-0.2, -0.15) is 0 Å². The van der Waals surface area contributed by atoms with E-state index in [1.54, 1.807) is 32.0 Å². The number of hydrogen-bond acceptors (Lipinski definition) is 5. The lowest BCUT2D eigenvalue weighted by Crippen LogP contribution is -2.33. The van der Waals surface area contributed by atoms with E-state index in [1.165, 1.54) is 11.0 Å². The van der Waals surface area contributed by atoms with Crippen LogP contribution in [-0.2, 0) is 9.59 Å². The summed E-state index contributed by atoms with van der Waals surface area (Å²) in [5.74, 6) is 1.16. The molecule has 0 saturated carbocycles. The van der Waals surface area contributed by atoms with E-state index in [4.69, 9.17) is 9.47 Å². The Bertz CT molecular complexity index is 928. The first kappa shape index (κ1) is 24.3. The van der Waals surface area contributed by atoms with Crippen molar-refractivity contribution in [3.05, 3.63) is 54.1 Å². The molecule has 7 heteroatoms. The van der Waals surface area contributed by atoms with Gasteiger partial charge >= 0.3 is 0 Å². The van der Waals surface area contributed by atoms with Gasteiger partial charge in [-0.15, -0.1) is 11.8 Å². The number of para-hydroxylation sites is 1. The lowest BCUT2D eigenvalue weighted by atomic mass is 10.2. The molecular weight excluding hydrogens is 412 g/mol. The molecule has 0 fully saturated rings. The number of hydrogen-bond donors (Lipinski definition) is 1. The van der Waals surface area contributed by atoms with Crippen LogP contribution >= 0.6 is 11.8 Å². The zero-order valence-corrected chi connectivity index (χ0v) is 19.5. The zero-order chi connectivity index (χ0) is 22.8. The molecule has 2 aromatic rings. The average molecular weight is 443 g/mol. The van der Waals surface area contributed by atoms with Crippen molar-refractivity contribution in [3.8, 4) is 11.5 Å². The van der Waals surface area contributed by atoms with Crippen LogP contribution in [0.3, 0.4) is 0 Å². The van der Waals surface area contributed by atoms with Gasteiger partial charge in [0.15, 0.2) is 11.5 Å². The SMILES string of the molecule is COc1cc(/C=C/C(=O)N(C)CC(=O)Nc2ccccc2SC)ccc1OCC(C)C. The summed E-state index contributed by atoms with van der Waals surface area (Å²) in [5.41, 5.74) is 1.54. The Morgan fingerprint density at radius 2 is 1.90 bits per heavy atom. The number of likely N-dealkylation sites (N-methyl/N-ethyl adjacent to an activating group) is 1. The second kappa shape index (κ2) is 12.1. The first-order valence-electron chi connectivity index (χ1n) is 10.0. The van der Waals surface area contributed by atoms with Crippen LogP contribution in [0.15, 0.2) is 53.4 Å². The van der Waals surface area contributed by atoms with Gasteiger partial charge in [0.25, 0.3) is 0 Å². The number of carbonyl (C=O) groups is 2. The van der Waals surface area contributed by atoms with Crippen molar-refractivity contribution in [3.63, 3.8) is 0 Å². The molecule has 0 radical (unpaired) electrons. The second-order valence-corrected chi connectivity index (χ2v) is 8.24. The lowest BCUT2D eigenvalue weighted by Gasteiger charge is -2.16. The fourth-order valence-corrected chi connectivity index (χ4v) is 3.24. The number of benzene rings is 2. The van der Waals surface area contributed by atoms with Gasteiger partial charge in [0.2, 0.25) is 11.8 Å². The average Bonchev–Trinajstić information content (AvgIpc) is 2.76. The quantitative estimate of drug-likeness (QED) is 0.431. The summed E-state index contributed by atoms with van der Waals surface area (Å²) in [4.78, 5) is 27.1. The summed E-state index contributed by atoms with van der Waals surface area (Å²) in [6, 6.07) is 13.0. The van der Waals surface area contributed by atoms with Crippen LogP contribution in [0.1, 0.15) is 19.4 Å². The van der Waals surface area contributed by atoms with E-state index in [-0.39, 0.29) is 18.4 Å². The van der Waals surface area contributed by atoms with E-state index < -0.39 is 0 Å². The fourth-order valence-electron chi connectivity index (χ4n) is 2.69. The summed E-state index contributed by atoms with van der Waals surface area (Å²) in [5, 5.41) is 2.85. The normalized spacial score (nSPS) is 10.9. The molecule has 2 rings (SSSR count). The van der Waals surface area contributed by atoms with Crippen molar-refractivity contribution in [2.45, 2.75) is 18.7 Å². The number of carbonyl (C=O) groups excluding carboxylic acids is 2. The first-order chi connectivity index (χ1) is 14.8. The minimum atomic E-state index is -0.271. The Kier molecular flexibility index (Phi) is 9.46. The highest BCUT2D eigenvalue weighted by molar-refractivity contribution is 7.98. The number of rotatable bonds is 10. The minimum Gasteiger partial charge on any atom is -0.493 e. The predicted octanol–water partition coefficient (Wildman–Crippen LogP) is 4.56. The largest absolute Gasteiger partial charge is 0.493 e. The molecule has 2 amide bonds. The molecule has 0 aliphatic heterocycles. The van der Waals surface area contributed by atoms with Crippen molar-refractivity contribution < 1.29 is 19.1 Å². The Morgan fingerprint density at radius 1 is 1.16 bits per heavy atom. The van der Waals surface area contributed by atoms with E-state index in [9.17, 15) is 9.59 Å². The Morgan fingerprint density at radius 3 is 2.58 bits per heavy atom. The van der Waals surface area contributed by atoms with Crippen molar-refractivity contribution in [2.24, 2.45) is 5.92 Å². The van der Waals surface area contributed by atoms with E-state index in [1.807, 2.05) is 48.7 Å². The number of nitrogens with one attached hydrogen (secondary N) is 1. The molecule has 0 aliphatic carbocycles. The molecule has 0 bridgehead atoms. The van der Waals surface area contributed by atoms with Gasteiger partial charge in [-0.1, -0.05) is 32.0 Å². The molecular formula is C24H30N2O4S. The van der Waals surface area contributed by atoms with Crippen molar-refractivity contribution in [1.82, 2.24) is 4.90 Å². The summed E-state index contributed by atoms with van der Waals surface area (Å²) in [6.45, 7) is 4.70. The Balaban J connectivity index is 1.96. The molecule has 31 heavy (non-hydrogen) atoms. The monoisotopic (exact) mass is 442 g/mol. The van der Waals surface area contributed by atoms with Gasteiger partial charge in [-0.3, -0.25) is 9.59 Å². The molecule has 0 aromatic heterocycles. The van der Waals surface area contributed by atoms with Gasteiger partial charge in [0, 0.05) is 18.0 Å². The third-order valence-corrected chi connectivity index (χ3v) is 5.11. The number of methoxy groups -OCH3 is 1. The molecule has 0 atom stereocenters. The standard InChI is InChI=1S/C24H30N2O4S/c1-17(2)16-30-20-12-10-18(14-21(20)29-4)11-13-24(28)26(3)15-23(27)25-19-8-6-7-9-22(19)31-5/h6-14,17H,15-16H2,1-5H3,(H,25,27)/b13-11+. The zero-order valence-electron chi connectivity index (χ0n) is 18.7. The van der Waals surface area contributed by atoms with Crippen LogP contribution in [-0.4, -0.2) is 50.3 Å². The molecule has 0 heterocycles. The fraction of sp³-hybridized carbons (Fsp3) is 0.333. The number of ether oxygens (including phenoxy) is 2. The lowest BCUT2D eigenvalue weighted by molar-refractivity contribution is -0.129. The van der Waals surface area contributed by atoms with Crippen molar-refractivity contribution in [1.29, 1.82) is 0 Å². The Labute approximate surface area is 188 Å². The van der Waals surface area contributed by atoms with Gasteiger partial charge in [-0.05, 0) is 48.1 Å². The summed E-state index contributed by atoms with van der Waals surface area (Å²) in [7, 11) is 3.17. The van der Waals surface area contributed by atoms with Gasteiger partial charge in [0.05, 0.1) is 25.9 Å². The highest BCUT2D eigenvalue weighted by Gasteiger charge is 2.12. The molecule has 2 aromatic carbocycles.